The van der Waals surface area contributed by atoms with Crippen molar-refractivity contribution in [1.29, 1.82) is 0 Å². The van der Waals surface area contributed by atoms with Gasteiger partial charge in [0.25, 0.3) is 0 Å². The summed E-state index contributed by atoms with van der Waals surface area (Å²) in [6, 6.07) is 0. The Labute approximate surface area is 55.8 Å². The fourth-order valence-electron chi connectivity index (χ4n) is 0.670. The van der Waals surface area contributed by atoms with Crippen LogP contribution in [0.4, 0.5) is 0 Å². The predicted molar refractivity (Wildman–Crippen MR) is 35.9 cm³/mol. The van der Waals surface area contributed by atoms with Gasteiger partial charge in [-0.05, 0) is 13.8 Å². The minimum Gasteiger partial charge on any atom is -0.393 e. The third kappa shape index (κ3) is 4.39. The van der Waals surface area contributed by atoms with Gasteiger partial charge in [-0.2, -0.15) is 0 Å². The molecule has 3 N–H and O–H groups in total. The van der Waals surface area contributed by atoms with E-state index in [0.717, 1.165) is 0 Å². The molecule has 0 amide bonds. The number of hydrogen-bond donors (Lipinski definition) is 2. The van der Waals surface area contributed by atoms with Crippen molar-refractivity contribution in [2.75, 3.05) is 7.11 Å². The van der Waals surface area contributed by atoms with Crippen molar-refractivity contribution in [2.45, 2.75) is 32.1 Å². The lowest BCUT2D eigenvalue weighted by atomic mass is 10.1. The molecular weight excluding hydrogens is 118 g/mol. The third-order valence-corrected chi connectivity index (χ3v) is 1.17. The lowest BCUT2D eigenvalue weighted by Gasteiger charge is -2.23. The Bertz CT molecular complexity index is 81.1. The summed E-state index contributed by atoms with van der Waals surface area (Å²) < 4.78 is 4.87. The smallest absolute Gasteiger partial charge is 0.116 e. The van der Waals surface area contributed by atoms with Crippen molar-refractivity contribution in [3.05, 3.63) is 0 Å². The molecule has 0 aliphatic carbocycles. The van der Waals surface area contributed by atoms with E-state index in [4.69, 9.17) is 15.6 Å². The van der Waals surface area contributed by atoms with Gasteiger partial charge in [0, 0.05) is 13.5 Å². The molecule has 0 saturated heterocycles. The monoisotopic (exact) mass is 133 g/mol. The average molecular weight is 133 g/mol. The summed E-state index contributed by atoms with van der Waals surface area (Å²) >= 11 is 0. The van der Waals surface area contributed by atoms with Gasteiger partial charge in [-0.25, -0.2) is 0 Å². The van der Waals surface area contributed by atoms with Crippen LogP contribution >= 0.6 is 0 Å². The van der Waals surface area contributed by atoms with Gasteiger partial charge in [0.05, 0.1) is 6.10 Å². The molecule has 0 aliphatic rings. The first kappa shape index (κ1) is 8.88. The maximum Gasteiger partial charge on any atom is 0.116 e. The Hall–Kier alpha value is -0.120. The SMILES string of the molecule is COC(C)(N)CC(C)O. The maximum absolute atomic E-state index is 8.86. The zero-order chi connectivity index (χ0) is 7.49. The fourth-order valence-corrected chi connectivity index (χ4v) is 0.670. The van der Waals surface area contributed by atoms with E-state index in [1.54, 1.807) is 13.8 Å². The summed E-state index contributed by atoms with van der Waals surface area (Å²) in [5.74, 6) is 0. The van der Waals surface area contributed by atoms with Crippen LogP contribution in [0.2, 0.25) is 0 Å². The van der Waals surface area contributed by atoms with Gasteiger partial charge < -0.3 is 15.6 Å². The van der Waals surface area contributed by atoms with E-state index in [1.807, 2.05) is 0 Å². The molecule has 0 rings (SSSR count). The van der Waals surface area contributed by atoms with Gasteiger partial charge in [-0.1, -0.05) is 0 Å². The van der Waals surface area contributed by atoms with Crippen molar-refractivity contribution < 1.29 is 9.84 Å². The maximum atomic E-state index is 8.86. The quantitative estimate of drug-likeness (QED) is 0.536. The predicted octanol–water partition coefficient (Wildman–Crippen LogP) is 0.0786. The van der Waals surface area contributed by atoms with Gasteiger partial charge in [0.2, 0.25) is 0 Å². The normalized spacial score (nSPS) is 21.0. The molecule has 9 heavy (non-hydrogen) atoms. The molecule has 0 heterocycles. The molecule has 0 bridgehead atoms. The Morgan fingerprint density at radius 3 is 2.33 bits per heavy atom. The van der Waals surface area contributed by atoms with Gasteiger partial charge in [0.1, 0.15) is 5.72 Å². The van der Waals surface area contributed by atoms with Gasteiger partial charge in [0.15, 0.2) is 0 Å². The van der Waals surface area contributed by atoms with Crippen molar-refractivity contribution in [3.8, 4) is 0 Å². The lowest BCUT2D eigenvalue weighted by Crippen LogP contribution is -2.40. The van der Waals surface area contributed by atoms with Gasteiger partial charge in [-0.3, -0.25) is 0 Å². The average Bonchev–Trinajstić information content (AvgIpc) is 1.63. The second kappa shape index (κ2) is 3.15. The van der Waals surface area contributed by atoms with Crippen molar-refractivity contribution in [3.63, 3.8) is 0 Å². The van der Waals surface area contributed by atoms with E-state index in [-0.39, 0.29) is 0 Å². The number of methoxy groups -OCH3 is 1. The summed E-state index contributed by atoms with van der Waals surface area (Å²) in [5.41, 5.74) is 4.85. The second-order valence-electron chi connectivity index (χ2n) is 2.57. The lowest BCUT2D eigenvalue weighted by molar-refractivity contribution is -0.0246. The molecule has 0 aromatic heterocycles. The standard InChI is InChI=1S/C6H15NO2/c1-5(8)4-6(2,7)9-3/h5,8H,4,7H2,1-3H3. The number of hydrogen-bond acceptors (Lipinski definition) is 3. The molecule has 56 valence electrons. The van der Waals surface area contributed by atoms with Crippen LogP contribution in [0.1, 0.15) is 20.3 Å². The Morgan fingerprint density at radius 2 is 2.22 bits per heavy atom. The molecule has 2 atom stereocenters. The summed E-state index contributed by atoms with van der Waals surface area (Å²) in [6.07, 6.45) is 0.0590. The topological polar surface area (TPSA) is 55.5 Å². The van der Waals surface area contributed by atoms with Gasteiger partial charge >= 0.3 is 0 Å². The summed E-state index contributed by atoms with van der Waals surface area (Å²) in [6.45, 7) is 3.42. The van der Waals surface area contributed by atoms with Crippen molar-refractivity contribution in [2.24, 2.45) is 5.73 Å². The molecule has 0 aromatic carbocycles. The van der Waals surface area contributed by atoms with Crippen molar-refractivity contribution in [1.82, 2.24) is 0 Å². The highest BCUT2D eigenvalue weighted by atomic mass is 16.5. The number of aliphatic hydroxyl groups excluding tert-OH is 1. The van der Waals surface area contributed by atoms with Crippen LogP contribution in [0.3, 0.4) is 0 Å². The largest absolute Gasteiger partial charge is 0.393 e. The van der Waals surface area contributed by atoms with E-state index in [0.29, 0.717) is 6.42 Å². The Kier molecular flexibility index (Phi) is 3.11. The van der Waals surface area contributed by atoms with Crippen LogP contribution in [0.25, 0.3) is 0 Å². The molecule has 0 aliphatic heterocycles. The molecule has 0 aromatic rings. The van der Waals surface area contributed by atoms with E-state index < -0.39 is 11.8 Å². The van der Waals surface area contributed by atoms with Crippen LogP contribution in [0.5, 0.6) is 0 Å². The highest BCUT2D eigenvalue weighted by Gasteiger charge is 2.18. The first-order chi connectivity index (χ1) is 3.98. The summed E-state index contributed by atoms with van der Waals surface area (Å²) in [5, 5.41) is 8.86. The molecule has 3 nitrogen and oxygen atoms in total. The van der Waals surface area contributed by atoms with Crippen LogP contribution in [-0.2, 0) is 4.74 Å². The molecule has 2 unspecified atom stereocenters. The molecule has 3 heteroatoms. The zero-order valence-electron chi connectivity index (χ0n) is 6.22. The highest BCUT2D eigenvalue weighted by Crippen LogP contribution is 2.08. The molecule has 0 saturated carbocycles. The Balaban J connectivity index is 3.58. The molecular formula is C6H15NO2. The van der Waals surface area contributed by atoms with Crippen LogP contribution in [-0.4, -0.2) is 24.0 Å². The minimum absolute atomic E-state index is 0.403. The number of aliphatic hydroxyl groups is 1. The molecule has 0 fully saturated rings. The summed E-state index contributed by atoms with van der Waals surface area (Å²) in [4.78, 5) is 0. The summed E-state index contributed by atoms with van der Waals surface area (Å²) in [7, 11) is 1.53. The fraction of sp³-hybridized carbons (Fsp3) is 1.00. The molecule has 0 radical (unpaired) electrons. The van der Waals surface area contributed by atoms with E-state index >= 15 is 0 Å². The third-order valence-electron chi connectivity index (χ3n) is 1.17. The number of rotatable bonds is 3. The second-order valence-corrected chi connectivity index (χ2v) is 2.57. The van der Waals surface area contributed by atoms with Crippen LogP contribution in [0, 0.1) is 0 Å². The van der Waals surface area contributed by atoms with E-state index in [2.05, 4.69) is 0 Å². The van der Waals surface area contributed by atoms with E-state index in [9.17, 15) is 0 Å². The van der Waals surface area contributed by atoms with Crippen LogP contribution < -0.4 is 5.73 Å². The molecule has 0 spiro atoms. The Morgan fingerprint density at radius 1 is 1.78 bits per heavy atom. The van der Waals surface area contributed by atoms with Gasteiger partial charge in [-0.15, -0.1) is 0 Å². The minimum atomic E-state index is -0.686. The zero-order valence-corrected chi connectivity index (χ0v) is 6.22. The van der Waals surface area contributed by atoms with E-state index in [1.165, 1.54) is 7.11 Å². The van der Waals surface area contributed by atoms with Crippen molar-refractivity contribution >= 4 is 0 Å². The highest BCUT2D eigenvalue weighted by molar-refractivity contribution is 4.68. The number of nitrogens with two attached hydrogens (primary N) is 1. The number of ether oxygens (including phenoxy) is 1. The first-order valence-electron chi connectivity index (χ1n) is 3.00. The first-order valence-corrected chi connectivity index (χ1v) is 3.00. The van der Waals surface area contributed by atoms with Crippen LogP contribution in [0.15, 0.2) is 0 Å².